The molecule has 0 saturated carbocycles. The van der Waals surface area contributed by atoms with Crippen LogP contribution in [0.4, 0.5) is 29.3 Å². The molecule has 1 rings (SSSR count). The number of benzene rings is 1. The van der Waals surface area contributed by atoms with Gasteiger partial charge in [0, 0.05) is 25.7 Å². The maximum Gasteiger partial charge on any atom is 0.416 e. The Labute approximate surface area is 163 Å². The molecule has 0 aliphatic rings. The lowest BCUT2D eigenvalue weighted by atomic mass is 10.1. The van der Waals surface area contributed by atoms with Crippen LogP contribution >= 0.6 is 0 Å². The lowest BCUT2D eigenvalue weighted by Crippen LogP contribution is -2.35. The standard InChI is InChI=1S/C16H20F3N3O7/c1-15(2,3)29-14(23)20(4)6-5-7-28-13-11(21(24)25)8-10(16(17,18)19)9-12(13)22(26)27/h8-9H,5-7H2,1-4H3. The number of nitro groups is 2. The molecule has 13 heteroatoms. The molecule has 1 aromatic carbocycles. The van der Waals surface area contributed by atoms with Crippen LogP contribution in [0, 0.1) is 20.2 Å². The molecule has 0 fully saturated rings. The highest BCUT2D eigenvalue weighted by molar-refractivity contribution is 5.67. The molecule has 10 nitrogen and oxygen atoms in total. The van der Waals surface area contributed by atoms with E-state index >= 15 is 0 Å². The molecule has 0 N–H and O–H groups in total. The number of halogens is 3. The van der Waals surface area contributed by atoms with Crippen molar-refractivity contribution in [1.29, 1.82) is 0 Å². The van der Waals surface area contributed by atoms with Gasteiger partial charge >= 0.3 is 23.6 Å². The van der Waals surface area contributed by atoms with E-state index in [-0.39, 0.29) is 31.7 Å². The van der Waals surface area contributed by atoms with Gasteiger partial charge in [-0.2, -0.15) is 13.2 Å². The number of ether oxygens (including phenoxy) is 2. The summed E-state index contributed by atoms with van der Waals surface area (Å²) in [6.07, 6.45) is -5.56. The Morgan fingerprint density at radius 1 is 1.10 bits per heavy atom. The molecular formula is C16H20F3N3O7. The molecule has 0 bridgehead atoms. The van der Waals surface area contributed by atoms with Gasteiger partial charge in [-0.15, -0.1) is 0 Å². The fourth-order valence-electron chi connectivity index (χ4n) is 2.09. The van der Waals surface area contributed by atoms with Crippen molar-refractivity contribution in [2.45, 2.75) is 39.0 Å². The van der Waals surface area contributed by atoms with Gasteiger partial charge in [-0.25, -0.2) is 4.79 Å². The van der Waals surface area contributed by atoms with E-state index < -0.39 is 50.4 Å². The molecule has 1 aromatic rings. The van der Waals surface area contributed by atoms with Crippen LogP contribution in [0.2, 0.25) is 0 Å². The van der Waals surface area contributed by atoms with Gasteiger partial charge in [0.2, 0.25) is 0 Å². The highest BCUT2D eigenvalue weighted by Crippen LogP contribution is 2.42. The number of amides is 1. The third kappa shape index (κ3) is 7.08. The minimum absolute atomic E-state index is 0.0805. The number of rotatable bonds is 7. The van der Waals surface area contributed by atoms with Crippen LogP contribution in [-0.4, -0.2) is 46.6 Å². The summed E-state index contributed by atoms with van der Waals surface area (Å²) < 4.78 is 48.8. The summed E-state index contributed by atoms with van der Waals surface area (Å²) >= 11 is 0. The highest BCUT2D eigenvalue weighted by atomic mass is 19.4. The van der Waals surface area contributed by atoms with E-state index in [0.717, 1.165) is 0 Å². The van der Waals surface area contributed by atoms with Crippen molar-refractivity contribution in [3.63, 3.8) is 0 Å². The van der Waals surface area contributed by atoms with Crippen LogP contribution in [0.3, 0.4) is 0 Å². The van der Waals surface area contributed by atoms with Crippen LogP contribution in [0.15, 0.2) is 12.1 Å². The Morgan fingerprint density at radius 2 is 1.59 bits per heavy atom. The van der Waals surface area contributed by atoms with E-state index in [1.54, 1.807) is 20.8 Å². The fraction of sp³-hybridized carbons (Fsp3) is 0.562. The first-order valence-electron chi connectivity index (χ1n) is 8.24. The fourth-order valence-corrected chi connectivity index (χ4v) is 2.09. The molecule has 29 heavy (non-hydrogen) atoms. The minimum Gasteiger partial charge on any atom is -0.482 e. The first-order chi connectivity index (χ1) is 13.1. The quantitative estimate of drug-likeness (QED) is 0.366. The van der Waals surface area contributed by atoms with Crippen molar-refractivity contribution in [3.8, 4) is 5.75 Å². The summed E-state index contributed by atoms with van der Waals surface area (Å²) in [6, 6.07) is 0.351. The number of hydrogen-bond donors (Lipinski definition) is 0. The van der Waals surface area contributed by atoms with Gasteiger partial charge in [-0.05, 0) is 27.2 Å². The molecule has 0 heterocycles. The zero-order valence-corrected chi connectivity index (χ0v) is 16.1. The van der Waals surface area contributed by atoms with Crippen LogP contribution < -0.4 is 4.74 Å². The summed E-state index contributed by atoms with van der Waals surface area (Å²) in [5.41, 5.74) is -4.60. The third-order valence-electron chi connectivity index (χ3n) is 3.36. The van der Waals surface area contributed by atoms with Crippen LogP contribution in [0.5, 0.6) is 5.75 Å². The lowest BCUT2D eigenvalue weighted by Gasteiger charge is -2.24. The van der Waals surface area contributed by atoms with Crippen LogP contribution in [0.25, 0.3) is 0 Å². The van der Waals surface area contributed by atoms with E-state index in [4.69, 9.17) is 9.47 Å². The first kappa shape index (κ1) is 23.9. The number of nitro benzene ring substituents is 2. The van der Waals surface area contributed by atoms with E-state index in [0.29, 0.717) is 0 Å². The molecule has 0 unspecified atom stereocenters. The Morgan fingerprint density at radius 3 is 1.97 bits per heavy atom. The van der Waals surface area contributed by atoms with Crippen LogP contribution in [0.1, 0.15) is 32.8 Å². The van der Waals surface area contributed by atoms with Gasteiger partial charge in [0.05, 0.1) is 22.0 Å². The maximum atomic E-state index is 12.9. The minimum atomic E-state index is -5.01. The van der Waals surface area contributed by atoms with Crippen molar-refractivity contribution in [2.24, 2.45) is 0 Å². The second-order valence-corrected chi connectivity index (χ2v) is 6.96. The van der Waals surface area contributed by atoms with Crippen molar-refractivity contribution < 1.29 is 37.3 Å². The normalized spacial score (nSPS) is 11.7. The second-order valence-electron chi connectivity index (χ2n) is 6.96. The number of hydrogen-bond acceptors (Lipinski definition) is 7. The van der Waals surface area contributed by atoms with Crippen molar-refractivity contribution in [2.75, 3.05) is 20.2 Å². The van der Waals surface area contributed by atoms with E-state index in [1.807, 2.05) is 0 Å². The van der Waals surface area contributed by atoms with Gasteiger partial charge in [-0.3, -0.25) is 20.2 Å². The summed E-state index contributed by atoms with van der Waals surface area (Å²) in [7, 11) is 1.43. The Kier molecular flexibility index (Phi) is 7.36. The van der Waals surface area contributed by atoms with E-state index in [1.165, 1.54) is 11.9 Å². The van der Waals surface area contributed by atoms with Gasteiger partial charge in [-0.1, -0.05) is 0 Å². The molecule has 0 saturated heterocycles. The Hall–Kier alpha value is -3.12. The largest absolute Gasteiger partial charge is 0.482 e. The molecule has 0 atom stereocenters. The predicted octanol–water partition coefficient (Wildman–Crippen LogP) is 4.16. The Balaban J connectivity index is 2.95. The average molecular weight is 423 g/mol. The number of carbonyl (C=O) groups excluding carboxylic acids is 1. The maximum absolute atomic E-state index is 12.9. The molecule has 0 aromatic heterocycles. The van der Waals surface area contributed by atoms with E-state index in [9.17, 15) is 38.2 Å². The van der Waals surface area contributed by atoms with Gasteiger partial charge in [0.25, 0.3) is 5.75 Å². The zero-order chi connectivity index (χ0) is 22.6. The molecule has 0 aliphatic heterocycles. The molecule has 1 amide bonds. The first-order valence-corrected chi connectivity index (χ1v) is 8.24. The van der Waals surface area contributed by atoms with Crippen molar-refractivity contribution in [1.82, 2.24) is 4.90 Å². The van der Waals surface area contributed by atoms with Crippen LogP contribution in [-0.2, 0) is 10.9 Å². The monoisotopic (exact) mass is 423 g/mol. The van der Waals surface area contributed by atoms with Gasteiger partial charge in [0.15, 0.2) is 0 Å². The number of nitrogens with zero attached hydrogens (tertiary/aromatic N) is 3. The van der Waals surface area contributed by atoms with Gasteiger partial charge in [0.1, 0.15) is 5.60 Å². The van der Waals surface area contributed by atoms with E-state index in [2.05, 4.69) is 0 Å². The molecule has 162 valence electrons. The zero-order valence-electron chi connectivity index (χ0n) is 16.1. The smallest absolute Gasteiger partial charge is 0.416 e. The second kappa shape index (κ2) is 8.92. The molecule has 0 radical (unpaired) electrons. The summed E-state index contributed by atoms with van der Waals surface area (Å²) in [5, 5.41) is 22.2. The lowest BCUT2D eigenvalue weighted by molar-refractivity contribution is -0.396. The summed E-state index contributed by atoms with van der Waals surface area (Å²) in [6.45, 7) is 4.78. The molecule has 0 aliphatic carbocycles. The Bertz CT molecular complexity index is 756. The SMILES string of the molecule is CN(CCCOc1c([N+](=O)[O-])cc(C(F)(F)F)cc1[N+](=O)[O-])C(=O)OC(C)(C)C. The molecular weight excluding hydrogens is 403 g/mol. The topological polar surface area (TPSA) is 125 Å². The summed E-state index contributed by atoms with van der Waals surface area (Å²) in [5.74, 6) is -0.882. The highest BCUT2D eigenvalue weighted by Gasteiger charge is 2.38. The van der Waals surface area contributed by atoms with Crippen molar-refractivity contribution in [3.05, 3.63) is 37.9 Å². The average Bonchev–Trinajstić information content (AvgIpc) is 2.55. The third-order valence-corrected chi connectivity index (χ3v) is 3.36. The van der Waals surface area contributed by atoms with Gasteiger partial charge < -0.3 is 14.4 Å². The number of alkyl halides is 3. The summed E-state index contributed by atoms with van der Waals surface area (Å²) in [4.78, 5) is 32.8. The predicted molar refractivity (Wildman–Crippen MR) is 93.7 cm³/mol. The molecule has 0 spiro atoms. The van der Waals surface area contributed by atoms with Crippen molar-refractivity contribution >= 4 is 17.5 Å². The number of carbonyl (C=O) groups is 1.